The Labute approximate surface area is 145 Å². The summed E-state index contributed by atoms with van der Waals surface area (Å²) in [6.45, 7) is 1.85. The molecule has 0 radical (unpaired) electrons. The molecule has 24 heavy (non-hydrogen) atoms. The van der Waals surface area contributed by atoms with Gasteiger partial charge in [-0.2, -0.15) is 0 Å². The van der Waals surface area contributed by atoms with Gasteiger partial charge in [0.05, 0.1) is 6.04 Å². The van der Waals surface area contributed by atoms with Gasteiger partial charge in [-0.05, 0) is 42.1 Å². The zero-order valence-corrected chi connectivity index (χ0v) is 14.5. The van der Waals surface area contributed by atoms with Gasteiger partial charge in [-0.25, -0.2) is 0 Å². The molecule has 1 aromatic carbocycles. The number of hydrogen-bond acceptors (Lipinski definition) is 4. The van der Waals surface area contributed by atoms with E-state index in [1.165, 1.54) is 0 Å². The van der Waals surface area contributed by atoms with Crippen LogP contribution in [-0.2, 0) is 9.59 Å². The Morgan fingerprint density at radius 1 is 1.29 bits per heavy atom. The van der Waals surface area contributed by atoms with Crippen LogP contribution in [0.25, 0.3) is 6.08 Å². The number of carbonyl (C=O) groups excluding carboxylic acids is 2. The van der Waals surface area contributed by atoms with Gasteiger partial charge in [-0.15, -0.1) is 11.3 Å². The summed E-state index contributed by atoms with van der Waals surface area (Å²) in [6, 6.07) is 11.1. The van der Waals surface area contributed by atoms with Gasteiger partial charge in [0.25, 0.3) is 5.91 Å². The number of ether oxygens (including phenoxy) is 1. The quantitative estimate of drug-likeness (QED) is 0.785. The van der Waals surface area contributed by atoms with Crippen LogP contribution >= 0.6 is 11.3 Å². The van der Waals surface area contributed by atoms with Crippen LogP contribution in [0.4, 0.5) is 0 Å². The van der Waals surface area contributed by atoms with E-state index in [-0.39, 0.29) is 18.6 Å². The van der Waals surface area contributed by atoms with Crippen LogP contribution in [0.2, 0.25) is 0 Å². The number of hydrogen-bond donors (Lipinski definition) is 1. The van der Waals surface area contributed by atoms with Gasteiger partial charge in [-0.3, -0.25) is 9.59 Å². The van der Waals surface area contributed by atoms with Crippen molar-refractivity contribution in [3.05, 3.63) is 58.3 Å². The molecule has 0 saturated carbocycles. The van der Waals surface area contributed by atoms with E-state index in [9.17, 15) is 9.59 Å². The maximum Gasteiger partial charge on any atom is 0.255 e. The maximum absolute atomic E-state index is 12.3. The molecule has 2 aromatic rings. The topological polar surface area (TPSA) is 72.6 Å². The first-order valence-electron chi connectivity index (χ1n) is 7.47. The molecule has 2 N–H and O–H groups in total. The molecular formula is C18H20N2O3S. The Morgan fingerprint density at radius 2 is 2.00 bits per heavy atom. The summed E-state index contributed by atoms with van der Waals surface area (Å²) in [6.07, 6.45) is 3.29. The fourth-order valence-electron chi connectivity index (χ4n) is 2.03. The van der Waals surface area contributed by atoms with Gasteiger partial charge < -0.3 is 15.4 Å². The summed E-state index contributed by atoms with van der Waals surface area (Å²) in [5, 5.41) is 2.00. The molecule has 126 valence electrons. The lowest BCUT2D eigenvalue weighted by Gasteiger charge is -2.22. The van der Waals surface area contributed by atoms with E-state index in [2.05, 4.69) is 0 Å². The lowest BCUT2D eigenvalue weighted by molar-refractivity contribution is -0.126. The molecule has 0 bridgehead atoms. The third-order valence-electron chi connectivity index (χ3n) is 3.56. The lowest BCUT2D eigenvalue weighted by atomic mass is 10.2. The second-order valence-electron chi connectivity index (χ2n) is 5.30. The average molecular weight is 344 g/mol. The van der Waals surface area contributed by atoms with Gasteiger partial charge in [0, 0.05) is 18.0 Å². The summed E-state index contributed by atoms with van der Waals surface area (Å²) in [5.41, 5.74) is 5.89. The number of primary amides is 1. The molecule has 2 amide bonds. The van der Waals surface area contributed by atoms with Gasteiger partial charge in [0.1, 0.15) is 5.75 Å². The second kappa shape index (κ2) is 8.31. The van der Waals surface area contributed by atoms with Crippen LogP contribution in [0, 0.1) is 0 Å². The Balaban J connectivity index is 1.94. The highest BCUT2D eigenvalue weighted by Crippen LogP contribution is 2.23. The van der Waals surface area contributed by atoms with Gasteiger partial charge in [-0.1, -0.05) is 18.2 Å². The van der Waals surface area contributed by atoms with E-state index >= 15 is 0 Å². The molecule has 0 aliphatic heterocycles. The van der Waals surface area contributed by atoms with E-state index in [0.717, 1.165) is 10.4 Å². The summed E-state index contributed by atoms with van der Waals surface area (Å²) in [4.78, 5) is 25.8. The van der Waals surface area contributed by atoms with Gasteiger partial charge in [0.2, 0.25) is 5.91 Å². The molecule has 1 aromatic heterocycles. The lowest BCUT2D eigenvalue weighted by Crippen LogP contribution is -2.27. The highest BCUT2D eigenvalue weighted by molar-refractivity contribution is 7.10. The largest absolute Gasteiger partial charge is 0.484 e. The smallest absolute Gasteiger partial charge is 0.255 e. The molecule has 5 nitrogen and oxygen atoms in total. The first-order chi connectivity index (χ1) is 11.5. The molecule has 0 unspecified atom stereocenters. The highest BCUT2D eigenvalue weighted by atomic mass is 32.1. The fourth-order valence-corrected chi connectivity index (χ4v) is 2.85. The summed E-state index contributed by atoms with van der Waals surface area (Å²) in [5.74, 6) is -0.0295. The SMILES string of the molecule is C[C@@H](c1cccs1)N(C)C(=O)/C=C/c1ccc(OCC(N)=O)cc1. The van der Waals surface area contributed by atoms with Crippen molar-refractivity contribution in [1.29, 1.82) is 0 Å². The van der Waals surface area contributed by atoms with Gasteiger partial charge >= 0.3 is 0 Å². The Bertz CT molecular complexity index is 708. The predicted octanol–water partition coefficient (Wildman–Crippen LogP) is 2.85. The molecule has 1 atom stereocenters. The molecule has 0 fully saturated rings. The minimum absolute atomic E-state index is 0.0340. The minimum atomic E-state index is -0.521. The number of rotatable bonds is 7. The summed E-state index contributed by atoms with van der Waals surface area (Å²) in [7, 11) is 1.79. The number of nitrogens with two attached hydrogens (primary N) is 1. The van der Waals surface area contributed by atoms with Crippen molar-refractivity contribution in [1.82, 2.24) is 4.90 Å². The molecule has 6 heteroatoms. The highest BCUT2D eigenvalue weighted by Gasteiger charge is 2.15. The van der Waals surface area contributed by atoms with Crippen molar-refractivity contribution >= 4 is 29.2 Å². The van der Waals surface area contributed by atoms with Crippen LogP contribution in [-0.4, -0.2) is 30.4 Å². The van der Waals surface area contributed by atoms with Crippen molar-refractivity contribution in [2.75, 3.05) is 13.7 Å². The standard InChI is InChI=1S/C18H20N2O3S/c1-13(16-4-3-11-24-16)20(2)18(22)10-7-14-5-8-15(9-6-14)23-12-17(19)21/h3-11,13H,12H2,1-2H3,(H2,19,21)/b10-7+/t13-/m0/s1. The van der Waals surface area contributed by atoms with Crippen LogP contribution in [0.1, 0.15) is 23.4 Å². The number of benzene rings is 1. The molecule has 0 saturated heterocycles. The van der Waals surface area contributed by atoms with Crippen LogP contribution in [0.5, 0.6) is 5.75 Å². The zero-order valence-electron chi connectivity index (χ0n) is 13.6. The first kappa shape index (κ1) is 17.7. The Hall–Kier alpha value is -2.60. The molecule has 1 heterocycles. The van der Waals surface area contributed by atoms with Crippen molar-refractivity contribution in [3.8, 4) is 5.75 Å². The monoisotopic (exact) mass is 344 g/mol. The van der Waals surface area contributed by atoms with Crippen molar-refractivity contribution in [2.24, 2.45) is 5.73 Å². The van der Waals surface area contributed by atoms with E-state index in [1.54, 1.807) is 47.6 Å². The predicted molar refractivity (Wildman–Crippen MR) is 95.7 cm³/mol. The molecule has 2 rings (SSSR count). The Morgan fingerprint density at radius 3 is 2.58 bits per heavy atom. The minimum Gasteiger partial charge on any atom is -0.484 e. The van der Waals surface area contributed by atoms with Crippen molar-refractivity contribution in [3.63, 3.8) is 0 Å². The molecule has 0 aliphatic carbocycles. The number of thiophene rings is 1. The fraction of sp³-hybridized carbons (Fsp3) is 0.222. The van der Waals surface area contributed by atoms with E-state index in [1.807, 2.05) is 36.6 Å². The Kier molecular flexibility index (Phi) is 6.14. The van der Waals surface area contributed by atoms with E-state index < -0.39 is 5.91 Å². The summed E-state index contributed by atoms with van der Waals surface area (Å²) < 4.78 is 5.19. The third-order valence-corrected chi connectivity index (χ3v) is 4.61. The second-order valence-corrected chi connectivity index (χ2v) is 6.28. The zero-order chi connectivity index (χ0) is 17.5. The van der Waals surface area contributed by atoms with Gasteiger partial charge in [0.15, 0.2) is 6.61 Å². The van der Waals surface area contributed by atoms with Crippen LogP contribution < -0.4 is 10.5 Å². The van der Waals surface area contributed by atoms with Crippen LogP contribution in [0.3, 0.4) is 0 Å². The third kappa shape index (κ3) is 4.96. The number of carbonyl (C=O) groups is 2. The molecule has 0 aliphatic rings. The number of likely N-dealkylation sites (N-methyl/N-ethyl adjacent to an activating group) is 1. The van der Waals surface area contributed by atoms with E-state index in [4.69, 9.17) is 10.5 Å². The van der Waals surface area contributed by atoms with E-state index in [0.29, 0.717) is 5.75 Å². The normalized spacial score (nSPS) is 12.1. The van der Waals surface area contributed by atoms with Crippen LogP contribution in [0.15, 0.2) is 47.9 Å². The summed E-state index contributed by atoms with van der Waals surface area (Å²) >= 11 is 1.63. The van der Waals surface area contributed by atoms with Crippen molar-refractivity contribution < 1.29 is 14.3 Å². The van der Waals surface area contributed by atoms with Crippen molar-refractivity contribution in [2.45, 2.75) is 13.0 Å². The number of amides is 2. The maximum atomic E-state index is 12.3. The molecule has 0 spiro atoms. The number of nitrogens with zero attached hydrogens (tertiary/aromatic N) is 1. The average Bonchev–Trinajstić information content (AvgIpc) is 3.12. The molecular weight excluding hydrogens is 324 g/mol. The first-order valence-corrected chi connectivity index (χ1v) is 8.35.